The van der Waals surface area contributed by atoms with Crippen molar-refractivity contribution in [3.05, 3.63) is 132 Å². The third-order valence-corrected chi connectivity index (χ3v) is 6.52. The molecule has 4 aromatic carbocycles. The standard InChI is InChI=1S/C27H22N2S/c1-5-13-21(14-6-1)25-27(30-26(28-25)22-15-7-2-8-16-22)29(23-17-9-3-10-18-23)24-19-11-4-12-20-24/h1-20,25,27H/t25-,27+/m1/s1. The fraction of sp³-hybridized carbons (Fsp3) is 0.0741. The van der Waals surface area contributed by atoms with Gasteiger partial charge in [0.05, 0.1) is 0 Å². The third-order valence-electron chi connectivity index (χ3n) is 5.24. The number of nitrogens with zero attached hydrogens (tertiary/aromatic N) is 2. The molecule has 30 heavy (non-hydrogen) atoms. The van der Waals surface area contributed by atoms with Crippen LogP contribution in [0.1, 0.15) is 17.2 Å². The molecular formula is C27H22N2S. The molecule has 2 nitrogen and oxygen atoms in total. The monoisotopic (exact) mass is 406 g/mol. The van der Waals surface area contributed by atoms with Gasteiger partial charge in [-0.1, -0.05) is 109 Å². The largest absolute Gasteiger partial charge is 0.326 e. The zero-order valence-electron chi connectivity index (χ0n) is 16.5. The molecule has 146 valence electrons. The molecule has 1 aliphatic rings. The van der Waals surface area contributed by atoms with E-state index >= 15 is 0 Å². The van der Waals surface area contributed by atoms with Crippen LogP contribution < -0.4 is 4.90 Å². The summed E-state index contributed by atoms with van der Waals surface area (Å²) in [6.07, 6.45) is 0. The summed E-state index contributed by atoms with van der Waals surface area (Å²) < 4.78 is 0. The van der Waals surface area contributed by atoms with Gasteiger partial charge in [-0.2, -0.15) is 0 Å². The summed E-state index contributed by atoms with van der Waals surface area (Å²) in [6.45, 7) is 0. The lowest BCUT2D eigenvalue weighted by molar-refractivity contribution is 0.694. The van der Waals surface area contributed by atoms with Gasteiger partial charge in [-0.05, 0) is 29.8 Å². The Labute approximate surface area is 181 Å². The highest BCUT2D eigenvalue weighted by Crippen LogP contribution is 2.45. The molecular weight excluding hydrogens is 384 g/mol. The molecule has 0 radical (unpaired) electrons. The van der Waals surface area contributed by atoms with Crippen molar-refractivity contribution >= 4 is 28.2 Å². The molecule has 0 amide bonds. The Morgan fingerprint density at radius 1 is 0.567 bits per heavy atom. The Hall–Kier alpha value is -3.30. The number of aliphatic imine (C=N–C) groups is 1. The molecule has 0 unspecified atom stereocenters. The number of rotatable bonds is 5. The van der Waals surface area contributed by atoms with Crippen LogP contribution in [0.25, 0.3) is 0 Å². The van der Waals surface area contributed by atoms with Crippen LogP contribution in [0, 0.1) is 0 Å². The van der Waals surface area contributed by atoms with E-state index in [1.54, 1.807) is 0 Å². The molecule has 0 saturated heterocycles. The van der Waals surface area contributed by atoms with Gasteiger partial charge in [-0.3, -0.25) is 4.99 Å². The first kappa shape index (κ1) is 18.7. The molecule has 4 aromatic rings. The average molecular weight is 407 g/mol. The van der Waals surface area contributed by atoms with Gasteiger partial charge < -0.3 is 4.90 Å². The molecule has 0 fully saturated rings. The second-order valence-electron chi connectivity index (χ2n) is 7.21. The Morgan fingerprint density at radius 2 is 1.03 bits per heavy atom. The number of hydrogen-bond donors (Lipinski definition) is 0. The van der Waals surface area contributed by atoms with Gasteiger partial charge in [-0.15, -0.1) is 0 Å². The normalized spacial score (nSPS) is 18.1. The summed E-state index contributed by atoms with van der Waals surface area (Å²) in [5, 5.41) is 1.21. The van der Waals surface area contributed by atoms with Crippen molar-refractivity contribution in [3.8, 4) is 0 Å². The van der Waals surface area contributed by atoms with Gasteiger partial charge in [0.2, 0.25) is 0 Å². The second-order valence-corrected chi connectivity index (χ2v) is 8.31. The summed E-state index contributed by atoms with van der Waals surface area (Å²) in [7, 11) is 0. The van der Waals surface area contributed by atoms with Crippen LogP contribution in [-0.4, -0.2) is 10.4 Å². The van der Waals surface area contributed by atoms with Crippen molar-refractivity contribution in [2.24, 2.45) is 4.99 Å². The number of anilines is 2. The SMILES string of the molecule is c1ccc(C2=N[C@H](c3ccccc3)[C@@H](N(c3ccccc3)c3ccccc3)S2)cc1. The molecule has 1 aliphatic heterocycles. The van der Waals surface area contributed by atoms with Crippen molar-refractivity contribution in [1.29, 1.82) is 0 Å². The minimum absolute atomic E-state index is 0.0341. The fourth-order valence-corrected chi connectivity index (χ4v) is 5.20. The molecule has 3 heteroatoms. The molecule has 0 aliphatic carbocycles. The average Bonchev–Trinajstić information content (AvgIpc) is 3.27. The number of benzene rings is 4. The van der Waals surface area contributed by atoms with Crippen LogP contribution in [0.4, 0.5) is 11.4 Å². The lowest BCUT2D eigenvalue weighted by Crippen LogP contribution is -2.31. The predicted octanol–water partition coefficient (Wildman–Crippen LogP) is 7.09. The van der Waals surface area contributed by atoms with Gasteiger partial charge in [0.1, 0.15) is 16.5 Å². The molecule has 1 heterocycles. The summed E-state index contributed by atoms with van der Waals surface area (Å²) in [4.78, 5) is 7.64. The summed E-state index contributed by atoms with van der Waals surface area (Å²) in [5.41, 5.74) is 4.75. The van der Waals surface area contributed by atoms with Gasteiger partial charge in [0.25, 0.3) is 0 Å². The maximum atomic E-state index is 5.22. The zero-order valence-corrected chi connectivity index (χ0v) is 17.3. The van der Waals surface area contributed by atoms with Gasteiger partial charge >= 0.3 is 0 Å². The smallest absolute Gasteiger partial charge is 0.112 e. The van der Waals surface area contributed by atoms with Crippen LogP contribution >= 0.6 is 11.8 Å². The van der Waals surface area contributed by atoms with Crippen LogP contribution in [0.5, 0.6) is 0 Å². The van der Waals surface area contributed by atoms with Crippen molar-refractivity contribution in [1.82, 2.24) is 0 Å². The highest BCUT2D eigenvalue weighted by molar-refractivity contribution is 8.15. The number of para-hydroxylation sites is 2. The van der Waals surface area contributed by atoms with Crippen molar-refractivity contribution in [3.63, 3.8) is 0 Å². The molecule has 5 rings (SSSR count). The van der Waals surface area contributed by atoms with E-state index in [2.05, 4.69) is 126 Å². The Balaban J connectivity index is 1.62. The third kappa shape index (κ3) is 3.77. The topological polar surface area (TPSA) is 15.6 Å². The van der Waals surface area contributed by atoms with Crippen molar-refractivity contribution < 1.29 is 0 Å². The van der Waals surface area contributed by atoms with E-state index < -0.39 is 0 Å². The van der Waals surface area contributed by atoms with Crippen LogP contribution in [-0.2, 0) is 0 Å². The first-order valence-electron chi connectivity index (χ1n) is 10.1. The van der Waals surface area contributed by atoms with E-state index in [0.717, 1.165) is 5.04 Å². The molecule has 0 saturated carbocycles. The van der Waals surface area contributed by atoms with Gasteiger partial charge in [-0.25, -0.2) is 0 Å². The maximum Gasteiger partial charge on any atom is 0.112 e. The lowest BCUT2D eigenvalue weighted by Gasteiger charge is -2.33. The van der Waals surface area contributed by atoms with Crippen molar-refractivity contribution in [2.75, 3.05) is 4.90 Å². The first-order valence-corrected chi connectivity index (χ1v) is 11.0. The fourth-order valence-electron chi connectivity index (χ4n) is 3.83. The summed E-state index contributed by atoms with van der Waals surface area (Å²) in [5.74, 6) is 0. The quantitative estimate of drug-likeness (QED) is 0.352. The molecule has 0 N–H and O–H groups in total. The number of thioether (sulfide) groups is 1. The summed E-state index contributed by atoms with van der Waals surface area (Å²) >= 11 is 1.84. The maximum absolute atomic E-state index is 5.22. The zero-order chi connectivity index (χ0) is 20.2. The molecule has 2 atom stereocenters. The highest BCUT2D eigenvalue weighted by atomic mass is 32.2. The second kappa shape index (κ2) is 8.60. The van der Waals surface area contributed by atoms with E-state index in [4.69, 9.17) is 4.99 Å². The Morgan fingerprint density at radius 3 is 1.57 bits per heavy atom. The lowest BCUT2D eigenvalue weighted by atomic mass is 10.1. The Bertz CT molecular complexity index is 1070. The highest BCUT2D eigenvalue weighted by Gasteiger charge is 2.37. The molecule has 0 spiro atoms. The molecule has 0 aromatic heterocycles. The first-order chi connectivity index (χ1) is 14.9. The van der Waals surface area contributed by atoms with Crippen LogP contribution in [0.2, 0.25) is 0 Å². The van der Waals surface area contributed by atoms with Crippen molar-refractivity contribution in [2.45, 2.75) is 11.4 Å². The Kier molecular flexibility index (Phi) is 5.36. The van der Waals surface area contributed by atoms with Crippen LogP contribution in [0.15, 0.2) is 126 Å². The minimum atomic E-state index is 0.0341. The minimum Gasteiger partial charge on any atom is -0.326 e. The van der Waals surface area contributed by atoms with Gasteiger partial charge in [0.15, 0.2) is 0 Å². The van der Waals surface area contributed by atoms with E-state index in [1.165, 1.54) is 22.5 Å². The summed E-state index contributed by atoms with van der Waals surface area (Å²) in [6, 6.07) is 42.4. The van der Waals surface area contributed by atoms with E-state index in [1.807, 2.05) is 11.8 Å². The van der Waals surface area contributed by atoms with E-state index in [-0.39, 0.29) is 11.4 Å². The number of hydrogen-bond acceptors (Lipinski definition) is 3. The molecule has 0 bridgehead atoms. The predicted molar refractivity (Wildman–Crippen MR) is 129 cm³/mol. The van der Waals surface area contributed by atoms with Gasteiger partial charge in [0, 0.05) is 16.9 Å². The van der Waals surface area contributed by atoms with Crippen LogP contribution in [0.3, 0.4) is 0 Å². The van der Waals surface area contributed by atoms with E-state index in [0.29, 0.717) is 0 Å². The van der Waals surface area contributed by atoms with E-state index in [9.17, 15) is 0 Å².